The molecule has 0 bridgehead atoms. The quantitative estimate of drug-likeness (QED) is 0.675. The molecule has 3 rings (SSSR count). The maximum atomic E-state index is 13.4. The summed E-state index contributed by atoms with van der Waals surface area (Å²) in [5.41, 5.74) is 0. The molecule has 0 atom stereocenters. The minimum Gasteiger partial charge on any atom is -0.339 e. The maximum absolute atomic E-state index is 13.4. The Bertz CT molecular complexity index is 818. The molecule has 1 heterocycles. The number of rotatable bonds is 5. The molecule has 0 radical (unpaired) electrons. The predicted octanol–water partition coefficient (Wildman–Crippen LogP) is 2.45. The van der Waals surface area contributed by atoms with Gasteiger partial charge in [0.25, 0.3) is 0 Å². The predicted molar refractivity (Wildman–Crippen MR) is 106 cm³/mol. The third kappa shape index (κ3) is 5.32. The zero-order chi connectivity index (χ0) is 21.0. The molecule has 1 aromatic carbocycles. The number of hydrogen-bond donors (Lipinski definition) is 0. The van der Waals surface area contributed by atoms with Crippen LogP contribution >= 0.6 is 0 Å². The Morgan fingerprint density at radius 1 is 1.03 bits per heavy atom. The molecule has 2 fully saturated rings. The minimum absolute atomic E-state index is 0.00150. The smallest absolute Gasteiger partial charge is 0.243 e. The van der Waals surface area contributed by atoms with Crippen LogP contribution in [0.2, 0.25) is 0 Å². The highest BCUT2D eigenvalue weighted by Crippen LogP contribution is 2.22. The lowest BCUT2D eigenvalue weighted by Gasteiger charge is -2.35. The molecule has 6 nitrogen and oxygen atoms in total. The van der Waals surface area contributed by atoms with Crippen molar-refractivity contribution < 1.29 is 22.0 Å². The molecule has 2 aliphatic rings. The summed E-state index contributed by atoms with van der Waals surface area (Å²) in [6.45, 7) is 1.20. The Balaban J connectivity index is 1.55. The van der Waals surface area contributed by atoms with Gasteiger partial charge in [0, 0.05) is 32.2 Å². The zero-order valence-corrected chi connectivity index (χ0v) is 17.6. The zero-order valence-electron chi connectivity index (χ0n) is 16.8. The van der Waals surface area contributed by atoms with Crippen molar-refractivity contribution in [2.75, 3.05) is 39.8 Å². The molecule has 1 aliphatic carbocycles. The molecule has 0 aromatic heterocycles. The fourth-order valence-corrected chi connectivity index (χ4v) is 5.54. The molecule has 1 aromatic rings. The van der Waals surface area contributed by atoms with Gasteiger partial charge in [0.15, 0.2) is 11.6 Å². The van der Waals surface area contributed by atoms with Crippen LogP contribution in [0.15, 0.2) is 23.1 Å². The lowest BCUT2D eigenvalue weighted by molar-refractivity contribution is -0.133. The first-order valence-corrected chi connectivity index (χ1v) is 11.7. The van der Waals surface area contributed by atoms with Crippen LogP contribution in [0.3, 0.4) is 0 Å². The number of piperazine rings is 1. The number of carbonyl (C=O) groups is 1. The highest BCUT2D eigenvalue weighted by Gasteiger charge is 2.31. The number of carbonyl (C=O) groups excluding carboxylic acids is 1. The van der Waals surface area contributed by atoms with Crippen molar-refractivity contribution in [3.8, 4) is 0 Å². The second-order valence-electron chi connectivity index (χ2n) is 7.92. The lowest BCUT2D eigenvalue weighted by atomic mass is 10.1. The van der Waals surface area contributed by atoms with E-state index in [-0.39, 0.29) is 23.9 Å². The van der Waals surface area contributed by atoms with E-state index in [4.69, 9.17) is 0 Å². The van der Waals surface area contributed by atoms with E-state index in [1.54, 1.807) is 4.90 Å². The van der Waals surface area contributed by atoms with Crippen molar-refractivity contribution in [1.82, 2.24) is 14.1 Å². The summed E-state index contributed by atoms with van der Waals surface area (Å²) in [6.07, 6.45) is 7.14. The summed E-state index contributed by atoms with van der Waals surface area (Å²) in [5, 5.41) is 0. The fraction of sp³-hybridized carbons (Fsp3) is 0.650. The van der Waals surface area contributed by atoms with E-state index < -0.39 is 21.7 Å². The summed E-state index contributed by atoms with van der Waals surface area (Å²) >= 11 is 0. The van der Waals surface area contributed by atoms with Crippen LogP contribution in [0, 0.1) is 11.6 Å². The second kappa shape index (κ2) is 9.49. The molecule has 1 amide bonds. The molecule has 0 N–H and O–H groups in total. The molecule has 0 unspecified atom stereocenters. The first-order chi connectivity index (χ1) is 13.8. The number of hydrogen-bond acceptors (Lipinski definition) is 4. The number of nitrogens with zero attached hydrogens (tertiary/aromatic N) is 3. The summed E-state index contributed by atoms with van der Waals surface area (Å²) in [5.74, 6) is -2.28. The van der Waals surface area contributed by atoms with Gasteiger partial charge in [0.05, 0.1) is 11.4 Å². The Morgan fingerprint density at radius 2 is 1.66 bits per heavy atom. The Kier molecular flexibility index (Phi) is 7.23. The Labute approximate surface area is 171 Å². The van der Waals surface area contributed by atoms with E-state index in [0.717, 1.165) is 25.0 Å². The van der Waals surface area contributed by atoms with Crippen molar-refractivity contribution in [1.29, 1.82) is 0 Å². The number of halogens is 2. The summed E-state index contributed by atoms with van der Waals surface area (Å²) in [6, 6.07) is 3.00. The van der Waals surface area contributed by atoms with Gasteiger partial charge in [-0.3, -0.25) is 9.69 Å². The van der Waals surface area contributed by atoms with Gasteiger partial charge in [-0.1, -0.05) is 25.7 Å². The lowest BCUT2D eigenvalue weighted by Crippen LogP contribution is -2.52. The highest BCUT2D eigenvalue weighted by atomic mass is 32.2. The first-order valence-electron chi connectivity index (χ1n) is 10.2. The normalized spacial score (nSPS) is 20.1. The number of benzene rings is 1. The van der Waals surface area contributed by atoms with Crippen molar-refractivity contribution in [3.63, 3.8) is 0 Å². The standard InChI is InChI=1S/C20H29F2N3O3S/c1-23(16-6-4-2-3-5-7-16)15-20(26)24-10-12-25(13-11-24)29(27,28)17-8-9-18(21)19(22)14-17/h8-9,14,16H,2-7,10-13,15H2,1H3. The van der Waals surface area contributed by atoms with Gasteiger partial charge in [-0.25, -0.2) is 17.2 Å². The average molecular weight is 430 g/mol. The van der Waals surface area contributed by atoms with Crippen molar-refractivity contribution in [2.24, 2.45) is 0 Å². The van der Waals surface area contributed by atoms with Crippen LogP contribution in [-0.2, 0) is 14.8 Å². The van der Waals surface area contributed by atoms with Crippen molar-refractivity contribution in [3.05, 3.63) is 29.8 Å². The molecule has 9 heteroatoms. The molecule has 1 saturated carbocycles. The van der Waals surface area contributed by atoms with Crippen LogP contribution in [0.5, 0.6) is 0 Å². The van der Waals surface area contributed by atoms with E-state index in [0.29, 0.717) is 31.7 Å². The second-order valence-corrected chi connectivity index (χ2v) is 9.86. The number of amides is 1. The minimum atomic E-state index is -3.92. The van der Waals surface area contributed by atoms with Crippen molar-refractivity contribution in [2.45, 2.75) is 49.5 Å². The summed E-state index contributed by atoms with van der Waals surface area (Å²) in [7, 11) is -1.93. The third-order valence-corrected chi connectivity index (χ3v) is 7.85. The highest BCUT2D eigenvalue weighted by molar-refractivity contribution is 7.89. The van der Waals surface area contributed by atoms with Crippen LogP contribution in [-0.4, -0.2) is 74.2 Å². The molecule has 1 saturated heterocycles. The van der Waals surface area contributed by atoms with Crippen LogP contribution in [0.4, 0.5) is 8.78 Å². The van der Waals surface area contributed by atoms with Gasteiger partial charge in [-0.05, 0) is 38.1 Å². The number of sulfonamides is 1. The summed E-state index contributed by atoms with van der Waals surface area (Å²) in [4.78, 5) is 16.2. The van der Waals surface area contributed by atoms with Gasteiger partial charge in [-0.15, -0.1) is 0 Å². The monoisotopic (exact) mass is 429 g/mol. The first kappa shape index (κ1) is 22.1. The largest absolute Gasteiger partial charge is 0.339 e. The van der Waals surface area contributed by atoms with Crippen LogP contribution < -0.4 is 0 Å². The van der Waals surface area contributed by atoms with Gasteiger partial charge >= 0.3 is 0 Å². The van der Waals surface area contributed by atoms with E-state index in [1.807, 2.05) is 7.05 Å². The number of likely N-dealkylation sites (N-methyl/N-ethyl adjacent to an activating group) is 1. The van der Waals surface area contributed by atoms with Gasteiger partial charge in [0.1, 0.15) is 0 Å². The summed E-state index contributed by atoms with van der Waals surface area (Å²) < 4.78 is 53.1. The van der Waals surface area contributed by atoms with E-state index in [2.05, 4.69) is 4.90 Å². The molecule has 29 heavy (non-hydrogen) atoms. The van der Waals surface area contributed by atoms with Crippen LogP contribution in [0.25, 0.3) is 0 Å². The van der Waals surface area contributed by atoms with E-state index >= 15 is 0 Å². The van der Waals surface area contributed by atoms with Gasteiger partial charge < -0.3 is 4.90 Å². The molecule has 162 valence electrons. The molecule has 1 aliphatic heterocycles. The molecular weight excluding hydrogens is 400 g/mol. The maximum Gasteiger partial charge on any atom is 0.243 e. The van der Waals surface area contributed by atoms with Crippen LogP contribution in [0.1, 0.15) is 38.5 Å². The van der Waals surface area contributed by atoms with E-state index in [1.165, 1.54) is 30.0 Å². The van der Waals surface area contributed by atoms with Crippen molar-refractivity contribution >= 4 is 15.9 Å². The Hall–Kier alpha value is -1.58. The Morgan fingerprint density at radius 3 is 2.24 bits per heavy atom. The average Bonchev–Trinajstić information content (AvgIpc) is 2.99. The van der Waals surface area contributed by atoms with Gasteiger partial charge in [-0.2, -0.15) is 4.31 Å². The third-order valence-electron chi connectivity index (χ3n) is 5.95. The SMILES string of the molecule is CN(CC(=O)N1CCN(S(=O)(=O)c2ccc(F)c(F)c2)CC1)C1CCCCCC1. The topological polar surface area (TPSA) is 60.9 Å². The van der Waals surface area contributed by atoms with Gasteiger partial charge in [0.2, 0.25) is 15.9 Å². The fourth-order valence-electron chi connectivity index (χ4n) is 4.11. The van der Waals surface area contributed by atoms with E-state index in [9.17, 15) is 22.0 Å². The molecular formula is C20H29F2N3O3S. The molecule has 0 spiro atoms.